The zero-order valence-corrected chi connectivity index (χ0v) is 8.38. The van der Waals surface area contributed by atoms with Crippen molar-refractivity contribution in [3.8, 4) is 6.07 Å². The minimum atomic E-state index is -4.74. The molecule has 0 spiro atoms. The number of hydrogen-bond donors (Lipinski definition) is 2. The fraction of sp³-hybridized carbons (Fsp3) is 0.200. The van der Waals surface area contributed by atoms with Crippen molar-refractivity contribution >= 4 is 5.97 Å². The highest BCUT2D eigenvalue weighted by molar-refractivity contribution is 5.88. The third kappa shape index (κ3) is 2.54. The number of nitrogens with zero attached hydrogens (tertiary/aromatic N) is 1. The molecular weight excluding hydrogens is 237 g/mol. The fourth-order valence-electron chi connectivity index (χ4n) is 1.41. The zero-order chi connectivity index (χ0) is 13.2. The summed E-state index contributed by atoms with van der Waals surface area (Å²) in [7, 11) is 0. The molecule has 0 radical (unpaired) electrons. The van der Waals surface area contributed by atoms with Gasteiger partial charge in [0.15, 0.2) is 0 Å². The first-order chi connectivity index (χ1) is 7.81. The summed E-state index contributed by atoms with van der Waals surface area (Å²) in [5, 5.41) is 17.3. The van der Waals surface area contributed by atoms with Gasteiger partial charge >= 0.3 is 12.1 Å². The number of hydrogen-bond acceptors (Lipinski definition) is 3. The molecule has 0 aliphatic rings. The van der Waals surface area contributed by atoms with E-state index in [2.05, 4.69) is 0 Å². The third-order valence-corrected chi connectivity index (χ3v) is 2.09. The first kappa shape index (κ1) is 13.0. The van der Waals surface area contributed by atoms with Gasteiger partial charge in [-0.25, -0.2) is 4.79 Å². The molecule has 0 bridgehead atoms. The van der Waals surface area contributed by atoms with Crippen LogP contribution in [0.25, 0.3) is 0 Å². The van der Waals surface area contributed by atoms with Crippen LogP contribution in [0.2, 0.25) is 0 Å². The van der Waals surface area contributed by atoms with Crippen molar-refractivity contribution in [1.29, 1.82) is 5.26 Å². The van der Waals surface area contributed by atoms with Gasteiger partial charge in [0.1, 0.15) is 0 Å². The molecule has 0 saturated heterocycles. The molecule has 0 heterocycles. The Morgan fingerprint density at radius 2 is 2.06 bits per heavy atom. The minimum absolute atomic E-state index is 0.394. The average Bonchev–Trinajstić information content (AvgIpc) is 2.25. The number of nitriles is 1. The number of carboxylic acids is 1. The molecule has 17 heavy (non-hydrogen) atoms. The van der Waals surface area contributed by atoms with Crippen LogP contribution < -0.4 is 5.73 Å². The van der Waals surface area contributed by atoms with Crippen LogP contribution in [0.3, 0.4) is 0 Å². The van der Waals surface area contributed by atoms with Gasteiger partial charge in [0.05, 0.1) is 22.8 Å². The maximum Gasteiger partial charge on any atom is 0.418 e. The molecule has 3 N–H and O–H groups in total. The van der Waals surface area contributed by atoms with Crippen LogP contribution in [0.5, 0.6) is 0 Å². The average molecular weight is 244 g/mol. The van der Waals surface area contributed by atoms with Crippen LogP contribution in [0.1, 0.15) is 27.0 Å². The molecule has 0 unspecified atom stereocenters. The minimum Gasteiger partial charge on any atom is -0.478 e. The van der Waals surface area contributed by atoms with E-state index in [1.165, 1.54) is 6.07 Å². The summed E-state index contributed by atoms with van der Waals surface area (Å²) >= 11 is 0. The van der Waals surface area contributed by atoms with E-state index in [0.29, 0.717) is 6.07 Å². The maximum atomic E-state index is 12.7. The van der Waals surface area contributed by atoms with Crippen LogP contribution in [0.15, 0.2) is 12.1 Å². The lowest BCUT2D eigenvalue weighted by Crippen LogP contribution is -2.16. The van der Waals surface area contributed by atoms with Gasteiger partial charge < -0.3 is 10.8 Å². The van der Waals surface area contributed by atoms with Crippen LogP contribution in [-0.4, -0.2) is 11.1 Å². The lowest BCUT2D eigenvalue weighted by Gasteiger charge is -2.14. The van der Waals surface area contributed by atoms with E-state index in [4.69, 9.17) is 16.1 Å². The fourth-order valence-corrected chi connectivity index (χ4v) is 1.41. The van der Waals surface area contributed by atoms with Gasteiger partial charge in [0.25, 0.3) is 0 Å². The Labute approximate surface area is 94.1 Å². The third-order valence-electron chi connectivity index (χ3n) is 2.09. The van der Waals surface area contributed by atoms with Crippen LogP contribution in [0, 0.1) is 11.3 Å². The SMILES string of the molecule is N#Cc1cc(C(=O)O)cc(CN)c1C(F)(F)F. The Morgan fingerprint density at radius 1 is 1.47 bits per heavy atom. The summed E-state index contributed by atoms with van der Waals surface area (Å²) in [6, 6.07) is 2.84. The van der Waals surface area contributed by atoms with E-state index < -0.39 is 40.9 Å². The van der Waals surface area contributed by atoms with Crippen molar-refractivity contribution in [1.82, 2.24) is 0 Å². The first-order valence-electron chi connectivity index (χ1n) is 4.38. The Balaban J connectivity index is 3.61. The molecule has 0 atom stereocenters. The van der Waals surface area contributed by atoms with Gasteiger partial charge in [-0.15, -0.1) is 0 Å². The van der Waals surface area contributed by atoms with E-state index in [1.807, 2.05) is 0 Å². The molecule has 1 rings (SSSR count). The number of alkyl halides is 3. The van der Waals surface area contributed by atoms with E-state index in [1.54, 1.807) is 0 Å². The van der Waals surface area contributed by atoms with Gasteiger partial charge in [-0.05, 0) is 17.7 Å². The van der Waals surface area contributed by atoms with Gasteiger partial charge in [-0.3, -0.25) is 0 Å². The second-order valence-electron chi connectivity index (χ2n) is 3.18. The largest absolute Gasteiger partial charge is 0.478 e. The van der Waals surface area contributed by atoms with E-state index in [-0.39, 0.29) is 0 Å². The van der Waals surface area contributed by atoms with Crippen LogP contribution in [0.4, 0.5) is 13.2 Å². The Bertz CT molecular complexity index is 503. The van der Waals surface area contributed by atoms with Crippen molar-refractivity contribution in [3.63, 3.8) is 0 Å². The number of aromatic carboxylic acids is 1. The van der Waals surface area contributed by atoms with E-state index in [0.717, 1.165) is 6.07 Å². The zero-order valence-electron chi connectivity index (χ0n) is 8.38. The standard InChI is InChI=1S/C10H7F3N2O2/c11-10(12,13)8-6(3-14)1-5(9(16)17)2-7(8)4-15/h1-2H,3,14H2,(H,16,17). The highest BCUT2D eigenvalue weighted by atomic mass is 19.4. The highest BCUT2D eigenvalue weighted by Crippen LogP contribution is 2.35. The maximum absolute atomic E-state index is 12.7. The van der Waals surface area contributed by atoms with Crippen molar-refractivity contribution in [2.45, 2.75) is 12.7 Å². The Kier molecular flexibility index (Phi) is 3.39. The van der Waals surface area contributed by atoms with Gasteiger partial charge in [0.2, 0.25) is 0 Å². The number of rotatable bonds is 2. The summed E-state index contributed by atoms with van der Waals surface area (Å²) in [5.74, 6) is -1.41. The summed E-state index contributed by atoms with van der Waals surface area (Å²) in [4.78, 5) is 10.7. The Hall–Kier alpha value is -2.07. The summed E-state index contributed by atoms with van der Waals surface area (Å²) in [5.41, 5.74) is 2.42. The highest BCUT2D eigenvalue weighted by Gasteiger charge is 2.36. The molecule has 1 aromatic carbocycles. The quantitative estimate of drug-likeness (QED) is 0.829. The molecule has 0 aromatic heterocycles. The van der Waals surface area contributed by atoms with Crippen LogP contribution in [-0.2, 0) is 12.7 Å². The number of carboxylic acid groups (broad SMARTS) is 1. The lowest BCUT2D eigenvalue weighted by molar-refractivity contribution is -0.138. The Morgan fingerprint density at radius 3 is 2.41 bits per heavy atom. The van der Waals surface area contributed by atoms with Crippen molar-refractivity contribution in [2.24, 2.45) is 5.73 Å². The molecule has 4 nitrogen and oxygen atoms in total. The van der Waals surface area contributed by atoms with Gasteiger partial charge in [0, 0.05) is 6.54 Å². The predicted molar refractivity (Wildman–Crippen MR) is 51.0 cm³/mol. The smallest absolute Gasteiger partial charge is 0.418 e. The second kappa shape index (κ2) is 4.43. The van der Waals surface area contributed by atoms with Crippen molar-refractivity contribution < 1.29 is 23.1 Å². The molecule has 1 aromatic rings. The van der Waals surface area contributed by atoms with Crippen molar-refractivity contribution in [2.75, 3.05) is 0 Å². The molecule has 0 saturated carbocycles. The second-order valence-corrected chi connectivity index (χ2v) is 3.18. The molecule has 7 heteroatoms. The van der Waals surface area contributed by atoms with E-state index >= 15 is 0 Å². The predicted octanol–water partition coefficient (Wildman–Crippen LogP) is 1.73. The van der Waals surface area contributed by atoms with Crippen molar-refractivity contribution in [3.05, 3.63) is 34.4 Å². The van der Waals surface area contributed by atoms with Gasteiger partial charge in [-0.1, -0.05) is 0 Å². The molecule has 0 aliphatic heterocycles. The molecule has 0 fully saturated rings. The molecule has 0 amide bonds. The normalized spacial score (nSPS) is 11.0. The topological polar surface area (TPSA) is 87.1 Å². The summed E-state index contributed by atoms with van der Waals surface area (Å²) in [6.45, 7) is -0.495. The number of carbonyl (C=O) groups is 1. The number of benzene rings is 1. The molecular formula is C10H7F3N2O2. The molecule has 0 aliphatic carbocycles. The number of halogens is 3. The summed E-state index contributed by atoms with van der Waals surface area (Å²) in [6.07, 6.45) is -4.74. The van der Waals surface area contributed by atoms with E-state index in [9.17, 15) is 18.0 Å². The monoisotopic (exact) mass is 244 g/mol. The molecule has 90 valence electrons. The lowest BCUT2D eigenvalue weighted by atomic mass is 9.97. The number of nitrogens with two attached hydrogens (primary N) is 1. The summed E-state index contributed by atoms with van der Waals surface area (Å²) < 4.78 is 38.0. The van der Waals surface area contributed by atoms with Gasteiger partial charge in [-0.2, -0.15) is 18.4 Å². The first-order valence-corrected chi connectivity index (χ1v) is 4.38. The van der Waals surface area contributed by atoms with Crippen LogP contribution >= 0.6 is 0 Å².